The van der Waals surface area contributed by atoms with Crippen LogP contribution in [0.25, 0.3) is 33.8 Å². The molecule has 1 aliphatic heterocycles. The second-order valence-corrected chi connectivity index (χ2v) is 8.88. The Labute approximate surface area is 203 Å². The molecule has 0 radical (unpaired) electrons. The maximum Gasteiger partial charge on any atom is 0.406 e. The third kappa shape index (κ3) is 4.26. The lowest BCUT2D eigenvalue weighted by Gasteiger charge is -2.21. The summed E-state index contributed by atoms with van der Waals surface area (Å²) in [5, 5.41) is 7.16. The number of hydrogen-bond acceptors (Lipinski definition) is 8. The highest BCUT2D eigenvalue weighted by Gasteiger charge is 2.36. The number of likely N-dealkylation sites (tertiary alicyclic amines) is 1. The molecule has 1 aromatic carbocycles. The zero-order valence-electron chi connectivity index (χ0n) is 19.5. The van der Waals surface area contributed by atoms with E-state index < -0.39 is 18.6 Å². The molecule has 2 N–H and O–H groups in total. The van der Waals surface area contributed by atoms with E-state index in [0.717, 1.165) is 11.0 Å². The zero-order valence-corrected chi connectivity index (χ0v) is 19.5. The van der Waals surface area contributed by atoms with Gasteiger partial charge in [-0.15, -0.1) is 0 Å². The number of carbonyl (C=O) groups is 1. The molecule has 1 fully saturated rings. The van der Waals surface area contributed by atoms with Crippen molar-refractivity contribution in [1.82, 2.24) is 34.6 Å². The average Bonchev–Trinajstić information content (AvgIpc) is 3.57. The van der Waals surface area contributed by atoms with Crippen molar-refractivity contribution in [3.8, 4) is 22.8 Å². The molecule has 1 unspecified atom stereocenters. The number of anilines is 1. The minimum atomic E-state index is -4.63. The van der Waals surface area contributed by atoms with Crippen LogP contribution < -0.4 is 5.73 Å². The molecule has 1 aliphatic rings. The van der Waals surface area contributed by atoms with E-state index in [1.54, 1.807) is 29.2 Å². The molecule has 0 spiro atoms. The summed E-state index contributed by atoms with van der Waals surface area (Å²) in [6.07, 6.45) is -2.56. The van der Waals surface area contributed by atoms with Gasteiger partial charge in [0.25, 0.3) is 5.91 Å². The van der Waals surface area contributed by atoms with Gasteiger partial charge in [0.1, 0.15) is 12.1 Å². The molecule has 3 aromatic heterocycles. The van der Waals surface area contributed by atoms with E-state index in [4.69, 9.17) is 5.73 Å². The van der Waals surface area contributed by atoms with E-state index in [0.29, 0.717) is 24.3 Å². The molecule has 1 saturated heterocycles. The van der Waals surface area contributed by atoms with Gasteiger partial charge in [-0.1, -0.05) is 30.3 Å². The molecule has 0 bridgehead atoms. The van der Waals surface area contributed by atoms with Crippen molar-refractivity contribution in [2.24, 2.45) is 0 Å². The van der Waals surface area contributed by atoms with Crippen molar-refractivity contribution < 1.29 is 22.6 Å². The standard InChI is InChI=1S/C23H23F3N8O2/c1-32(2)14-8-9-33(11-14)22(35)15-10-28-16(13-6-4-3-5-7-13)17-19(15)34(12-23(24,25)26)21(29-17)18-20(27)31-36-30-18/h3-7,10,14H,8-9,11-12H2,1-2H3,(H2,27,31). The van der Waals surface area contributed by atoms with E-state index in [1.807, 2.05) is 25.1 Å². The minimum Gasteiger partial charge on any atom is -0.379 e. The predicted molar refractivity (Wildman–Crippen MR) is 125 cm³/mol. The molecule has 0 saturated carbocycles. The molecule has 4 aromatic rings. The van der Waals surface area contributed by atoms with Crippen molar-refractivity contribution in [2.45, 2.75) is 25.2 Å². The van der Waals surface area contributed by atoms with Crippen LogP contribution in [0.15, 0.2) is 41.2 Å². The summed E-state index contributed by atoms with van der Waals surface area (Å²) in [5.41, 5.74) is 6.76. The van der Waals surface area contributed by atoms with Gasteiger partial charge >= 0.3 is 6.18 Å². The molecular formula is C23H23F3N8O2. The number of nitrogens with two attached hydrogens (primary N) is 1. The number of alkyl halides is 3. The van der Waals surface area contributed by atoms with Gasteiger partial charge in [-0.25, -0.2) is 9.61 Å². The number of hydrogen-bond donors (Lipinski definition) is 1. The third-order valence-corrected chi connectivity index (χ3v) is 6.29. The van der Waals surface area contributed by atoms with Crippen molar-refractivity contribution in [2.75, 3.05) is 32.9 Å². The summed E-state index contributed by atoms with van der Waals surface area (Å²) >= 11 is 0. The fourth-order valence-electron chi connectivity index (χ4n) is 4.49. The van der Waals surface area contributed by atoms with Crippen molar-refractivity contribution in [1.29, 1.82) is 0 Å². The van der Waals surface area contributed by atoms with Gasteiger partial charge in [0.05, 0.1) is 16.8 Å². The fourth-order valence-corrected chi connectivity index (χ4v) is 4.49. The summed E-state index contributed by atoms with van der Waals surface area (Å²) in [4.78, 5) is 26.2. The monoisotopic (exact) mass is 500 g/mol. The number of imidazole rings is 1. The van der Waals surface area contributed by atoms with Gasteiger partial charge in [-0.3, -0.25) is 9.78 Å². The SMILES string of the molecule is CN(C)C1CCN(C(=O)c2cnc(-c3ccccc3)c3nc(-c4nonc4N)n(CC(F)(F)F)c23)C1. The van der Waals surface area contributed by atoms with E-state index >= 15 is 0 Å². The molecule has 10 nitrogen and oxygen atoms in total. The summed E-state index contributed by atoms with van der Waals surface area (Å²) in [5.74, 6) is -0.852. The van der Waals surface area contributed by atoms with E-state index in [1.165, 1.54) is 6.20 Å². The number of carbonyl (C=O) groups excluding carboxylic acids is 1. The smallest absolute Gasteiger partial charge is 0.379 e. The van der Waals surface area contributed by atoms with Crippen molar-refractivity contribution in [3.05, 3.63) is 42.1 Å². The Kier molecular flexibility index (Phi) is 5.86. The van der Waals surface area contributed by atoms with Crippen LogP contribution in [0.4, 0.5) is 19.0 Å². The second kappa shape index (κ2) is 8.90. The summed E-state index contributed by atoms with van der Waals surface area (Å²) in [6, 6.07) is 9.04. The lowest BCUT2D eigenvalue weighted by atomic mass is 10.1. The topological polar surface area (TPSA) is 119 Å². The molecule has 4 heterocycles. The Balaban J connectivity index is 1.76. The van der Waals surface area contributed by atoms with Crippen LogP contribution in [0.1, 0.15) is 16.8 Å². The number of likely N-dealkylation sites (N-methyl/N-ethyl adjacent to an activating group) is 1. The highest BCUT2D eigenvalue weighted by molar-refractivity contribution is 6.08. The van der Waals surface area contributed by atoms with Crippen LogP contribution in [-0.4, -0.2) is 80.0 Å². The fraction of sp³-hybridized carbons (Fsp3) is 0.348. The number of aromatic nitrogens is 5. The van der Waals surface area contributed by atoms with Gasteiger partial charge in [0, 0.05) is 30.9 Å². The first-order valence-corrected chi connectivity index (χ1v) is 11.2. The van der Waals surface area contributed by atoms with Crippen LogP contribution >= 0.6 is 0 Å². The highest BCUT2D eigenvalue weighted by Crippen LogP contribution is 2.36. The lowest BCUT2D eigenvalue weighted by molar-refractivity contribution is -0.139. The van der Waals surface area contributed by atoms with Gasteiger partial charge in [0.2, 0.25) is 0 Å². The maximum absolute atomic E-state index is 13.8. The van der Waals surface area contributed by atoms with E-state index in [2.05, 4.69) is 24.9 Å². The van der Waals surface area contributed by atoms with Crippen LogP contribution in [0, 0.1) is 0 Å². The minimum absolute atomic E-state index is 0.00289. The normalized spacial score (nSPS) is 16.4. The number of pyridine rings is 1. The molecule has 13 heteroatoms. The Morgan fingerprint density at radius 1 is 1.19 bits per heavy atom. The average molecular weight is 500 g/mol. The summed E-state index contributed by atoms with van der Waals surface area (Å²) in [7, 11) is 3.85. The Morgan fingerprint density at radius 2 is 1.94 bits per heavy atom. The molecule has 36 heavy (non-hydrogen) atoms. The molecular weight excluding hydrogens is 477 g/mol. The molecule has 188 valence electrons. The Hall–Kier alpha value is -4.00. The van der Waals surface area contributed by atoms with Crippen molar-refractivity contribution >= 4 is 22.8 Å². The highest BCUT2D eigenvalue weighted by atomic mass is 19.4. The first kappa shape index (κ1) is 23.7. The van der Waals surface area contributed by atoms with Crippen LogP contribution in [0.3, 0.4) is 0 Å². The first-order chi connectivity index (χ1) is 17.1. The van der Waals surface area contributed by atoms with Crippen LogP contribution in [0.5, 0.6) is 0 Å². The van der Waals surface area contributed by atoms with Crippen molar-refractivity contribution in [3.63, 3.8) is 0 Å². The number of nitrogen functional groups attached to an aromatic ring is 1. The van der Waals surface area contributed by atoms with Gasteiger partial charge in [0.15, 0.2) is 17.3 Å². The Morgan fingerprint density at radius 3 is 2.56 bits per heavy atom. The number of rotatable bonds is 5. The maximum atomic E-state index is 13.8. The molecule has 5 rings (SSSR count). The van der Waals surface area contributed by atoms with Gasteiger partial charge < -0.3 is 20.1 Å². The predicted octanol–water partition coefficient (Wildman–Crippen LogP) is 3.07. The summed E-state index contributed by atoms with van der Waals surface area (Å²) in [6.45, 7) is -0.498. The summed E-state index contributed by atoms with van der Waals surface area (Å²) < 4.78 is 47.0. The van der Waals surface area contributed by atoms with Gasteiger partial charge in [-0.2, -0.15) is 13.2 Å². The number of amides is 1. The molecule has 1 atom stereocenters. The second-order valence-electron chi connectivity index (χ2n) is 8.88. The first-order valence-electron chi connectivity index (χ1n) is 11.2. The van der Waals surface area contributed by atoms with Crippen LogP contribution in [-0.2, 0) is 6.54 Å². The molecule has 1 amide bonds. The van der Waals surface area contributed by atoms with Crippen LogP contribution in [0.2, 0.25) is 0 Å². The number of nitrogens with zero attached hydrogens (tertiary/aromatic N) is 7. The van der Waals surface area contributed by atoms with E-state index in [9.17, 15) is 18.0 Å². The molecule has 0 aliphatic carbocycles. The number of halogens is 3. The van der Waals surface area contributed by atoms with E-state index in [-0.39, 0.29) is 40.0 Å². The number of fused-ring (bicyclic) bond motifs is 1. The Bertz CT molecular complexity index is 1410. The third-order valence-electron chi connectivity index (χ3n) is 6.29. The quantitative estimate of drug-likeness (QED) is 0.444. The largest absolute Gasteiger partial charge is 0.406 e. The number of benzene rings is 1. The lowest BCUT2D eigenvalue weighted by Crippen LogP contribution is -2.34. The zero-order chi connectivity index (χ0) is 25.6. The van der Waals surface area contributed by atoms with Gasteiger partial charge in [-0.05, 0) is 30.8 Å².